The summed E-state index contributed by atoms with van der Waals surface area (Å²) in [7, 11) is 0. The Kier molecular flexibility index (Phi) is 6.18. The van der Waals surface area contributed by atoms with E-state index in [9.17, 15) is 14.7 Å². The zero-order valence-electron chi connectivity index (χ0n) is 15.8. The van der Waals surface area contributed by atoms with Crippen LogP contribution in [0, 0.1) is 5.92 Å². The van der Waals surface area contributed by atoms with E-state index in [-0.39, 0.29) is 18.0 Å². The van der Waals surface area contributed by atoms with Crippen molar-refractivity contribution in [2.75, 3.05) is 6.54 Å². The van der Waals surface area contributed by atoms with Crippen molar-refractivity contribution < 1.29 is 14.7 Å². The van der Waals surface area contributed by atoms with Gasteiger partial charge in [0.1, 0.15) is 0 Å². The van der Waals surface area contributed by atoms with Gasteiger partial charge in [0.05, 0.1) is 28.9 Å². The van der Waals surface area contributed by atoms with Crippen molar-refractivity contribution in [3.8, 4) is 0 Å². The highest BCUT2D eigenvalue weighted by atomic mass is 16.4. The minimum atomic E-state index is -0.921. The van der Waals surface area contributed by atoms with E-state index in [4.69, 9.17) is 0 Å². The third-order valence-electron chi connectivity index (χ3n) is 4.27. The molecular weight excluding hydrogens is 330 g/mol. The summed E-state index contributed by atoms with van der Waals surface area (Å²) in [5.74, 6) is -1.88. The lowest BCUT2D eigenvalue weighted by Gasteiger charge is -2.22. The second-order valence-corrected chi connectivity index (χ2v) is 7.38. The second-order valence-electron chi connectivity index (χ2n) is 7.38. The Bertz CT molecular complexity index is 760. The van der Waals surface area contributed by atoms with Gasteiger partial charge in [-0.05, 0) is 39.2 Å². The van der Waals surface area contributed by atoms with E-state index >= 15 is 0 Å². The quantitative estimate of drug-likeness (QED) is 0.798. The Morgan fingerprint density at radius 3 is 2.42 bits per heavy atom. The molecule has 0 saturated carbocycles. The molecule has 0 radical (unpaired) electrons. The molecule has 1 heterocycles. The Labute approximate surface area is 154 Å². The van der Waals surface area contributed by atoms with E-state index in [0.717, 1.165) is 11.3 Å². The fourth-order valence-corrected chi connectivity index (χ4v) is 2.94. The van der Waals surface area contributed by atoms with Crippen molar-refractivity contribution in [3.63, 3.8) is 0 Å². The third kappa shape index (κ3) is 4.71. The highest BCUT2D eigenvalue weighted by molar-refractivity contribution is 5.95. The highest BCUT2D eigenvalue weighted by Crippen LogP contribution is 2.20. The summed E-state index contributed by atoms with van der Waals surface area (Å²) in [5.41, 5.74) is 2.07. The number of benzene rings is 1. The first-order valence-electron chi connectivity index (χ1n) is 8.86. The molecule has 0 spiro atoms. The lowest BCUT2D eigenvalue weighted by Crippen LogP contribution is -2.34. The Hall–Kier alpha value is -2.63. The van der Waals surface area contributed by atoms with Crippen LogP contribution in [-0.4, -0.2) is 33.3 Å². The second kappa shape index (κ2) is 8.17. The normalized spacial score (nSPS) is 12.6. The number of carboxylic acid groups (broad SMARTS) is 1. The Morgan fingerprint density at radius 1 is 1.23 bits per heavy atom. The van der Waals surface area contributed by atoms with Crippen LogP contribution in [0.5, 0.6) is 0 Å². The summed E-state index contributed by atoms with van der Waals surface area (Å²) >= 11 is 0. The van der Waals surface area contributed by atoms with E-state index < -0.39 is 11.9 Å². The number of amides is 1. The number of aromatic nitrogens is 2. The van der Waals surface area contributed by atoms with Crippen molar-refractivity contribution in [3.05, 3.63) is 53.3 Å². The number of nitrogens with one attached hydrogen (secondary N) is 1. The number of hydrogen-bond acceptors (Lipinski definition) is 3. The molecule has 2 aromatic rings. The number of carboxylic acids is 1. The fourth-order valence-electron chi connectivity index (χ4n) is 2.94. The van der Waals surface area contributed by atoms with Crippen LogP contribution in [0.2, 0.25) is 0 Å². The maximum absolute atomic E-state index is 12.6. The molecule has 0 aliphatic rings. The van der Waals surface area contributed by atoms with Crippen LogP contribution >= 0.6 is 0 Å². The minimum absolute atomic E-state index is 0.0763. The molecule has 26 heavy (non-hydrogen) atoms. The topological polar surface area (TPSA) is 84.2 Å². The average molecular weight is 357 g/mol. The number of carbonyl (C=O) groups excluding carboxylic acids is 1. The molecule has 6 heteroatoms. The summed E-state index contributed by atoms with van der Waals surface area (Å²) in [6, 6.07) is 9.42. The van der Waals surface area contributed by atoms with Gasteiger partial charge < -0.3 is 10.4 Å². The average Bonchev–Trinajstić information content (AvgIpc) is 3.03. The lowest BCUT2D eigenvalue weighted by atomic mass is 9.99. The predicted molar refractivity (Wildman–Crippen MR) is 100 cm³/mol. The molecule has 1 aromatic heterocycles. The molecule has 1 aromatic carbocycles. The predicted octanol–water partition coefficient (Wildman–Crippen LogP) is 2.87. The van der Waals surface area contributed by atoms with Crippen LogP contribution in [-0.2, 0) is 23.2 Å². The van der Waals surface area contributed by atoms with Crippen molar-refractivity contribution in [2.24, 2.45) is 5.92 Å². The van der Waals surface area contributed by atoms with Crippen LogP contribution in [0.1, 0.15) is 49.3 Å². The largest absolute Gasteiger partial charge is 0.481 e. The molecule has 0 bridgehead atoms. The number of carbonyl (C=O) groups is 2. The Balaban J connectivity index is 2.09. The maximum atomic E-state index is 12.6. The van der Waals surface area contributed by atoms with E-state index in [0.29, 0.717) is 18.4 Å². The van der Waals surface area contributed by atoms with E-state index in [2.05, 4.69) is 10.4 Å². The molecule has 0 aliphatic heterocycles. The smallest absolute Gasteiger partial charge is 0.308 e. The first-order valence-corrected chi connectivity index (χ1v) is 8.86. The van der Waals surface area contributed by atoms with Gasteiger partial charge in [0, 0.05) is 6.54 Å². The van der Waals surface area contributed by atoms with E-state index in [1.165, 1.54) is 0 Å². The number of rotatable bonds is 7. The maximum Gasteiger partial charge on any atom is 0.308 e. The fraction of sp³-hybridized carbons (Fsp3) is 0.450. The molecule has 0 fully saturated rings. The minimum Gasteiger partial charge on any atom is -0.481 e. The number of nitrogens with zero attached hydrogens (tertiary/aromatic N) is 2. The van der Waals surface area contributed by atoms with E-state index in [1.54, 1.807) is 6.20 Å². The summed E-state index contributed by atoms with van der Waals surface area (Å²) in [4.78, 5) is 24.1. The molecule has 2 rings (SSSR count). The van der Waals surface area contributed by atoms with Gasteiger partial charge in [-0.3, -0.25) is 14.3 Å². The van der Waals surface area contributed by atoms with Gasteiger partial charge in [0.25, 0.3) is 5.91 Å². The first kappa shape index (κ1) is 19.7. The molecule has 2 N–H and O–H groups in total. The van der Waals surface area contributed by atoms with Gasteiger partial charge in [-0.15, -0.1) is 0 Å². The summed E-state index contributed by atoms with van der Waals surface area (Å²) in [6.07, 6.45) is 2.61. The molecular formula is C20H27N3O3. The summed E-state index contributed by atoms with van der Waals surface area (Å²) in [6.45, 7) is 8.14. The molecule has 0 aliphatic carbocycles. The van der Waals surface area contributed by atoms with Crippen LogP contribution in [0.15, 0.2) is 36.5 Å². The molecule has 1 amide bonds. The van der Waals surface area contributed by atoms with Gasteiger partial charge in [-0.25, -0.2) is 0 Å². The summed E-state index contributed by atoms with van der Waals surface area (Å²) in [5, 5.41) is 16.6. The van der Waals surface area contributed by atoms with Crippen LogP contribution in [0.4, 0.5) is 0 Å². The number of hydrogen-bond donors (Lipinski definition) is 2. The van der Waals surface area contributed by atoms with Crippen LogP contribution < -0.4 is 5.32 Å². The van der Waals surface area contributed by atoms with Crippen molar-refractivity contribution in [2.45, 2.75) is 46.1 Å². The van der Waals surface area contributed by atoms with Crippen molar-refractivity contribution in [1.29, 1.82) is 0 Å². The zero-order chi connectivity index (χ0) is 19.3. The van der Waals surface area contributed by atoms with Crippen LogP contribution in [0.3, 0.4) is 0 Å². The SMILES string of the molecule is CCc1c(C(=O)NCC(Cc2ccccc2)C(=O)O)cnn1C(C)(C)C. The summed E-state index contributed by atoms with van der Waals surface area (Å²) < 4.78 is 1.85. The van der Waals surface area contributed by atoms with Gasteiger partial charge >= 0.3 is 5.97 Å². The third-order valence-corrected chi connectivity index (χ3v) is 4.27. The zero-order valence-corrected chi connectivity index (χ0v) is 15.8. The van der Waals surface area contributed by atoms with Gasteiger partial charge in [-0.2, -0.15) is 5.10 Å². The molecule has 0 saturated heterocycles. The molecule has 6 nitrogen and oxygen atoms in total. The van der Waals surface area contributed by atoms with Crippen molar-refractivity contribution >= 4 is 11.9 Å². The highest BCUT2D eigenvalue weighted by Gasteiger charge is 2.24. The monoisotopic (exact) mass is 357 g/mol. The van der Waals surface area contributed by atoms with Gasteiger partial charge in [0.2, 0.25) is 0 Å². The van der Waals surface area contributed by atoms with Crippen molar-refractivity contribution in [1.82, 2.24) is 15.1 Å². The lowest BCUT2D eigenvalue weighted by molar-refractivity contribution is -0.141. The van der Waals surface area contributed by atoms with Crippen LogP contribution in [0.25, 0.3) is 0 Å². The first-order chi connectivity index (χ1) is 12.2. The van der Waals surface area contributed by atoms with E-state index in [1.807, 2.05) is 62.7 Å². The standard InChI is InChI=1S/C20H27N3O3/c1-5-17-16(13-22-23(17)20(2,3)4)18(24)21-12-15(19(25)26)11-14-9-7-6-8-10-14/h6-10,13,15H,5,11-12H2,1-4H3,(H,21,24)(H,25,26). The molecule has 1 atom stereocenters. The molecule has 140 valence electrons. The number of aliphatic carboxylic acids is 1. The Morgan fingerprint density at radius 2 is 1.88 bits per heavy atom. The van der Waals surface area contributed by atoms with Gasteiger partial charge in [-0.1, -0.05) is 37.3 Å². The molecule has 1 unspecified atom stereocenters. The van der Waals surface area contributed by atoms with Gasteiger partial charge in [0.15, 0.2) is 0 Å².